The van der Waals surface area contributed by atoms with Crippen molar-refractivity contribution in [3.8, 4) is 0 Å². The lowest BCUT2D eigenvalue weighted by atomic mass is 10.1. The average Bonchev–Trinajstić information content (AvgIpc) is 2.45. The van der Waals surface area contributed by atoms with Gasteiger partial charge in [-0.2, -0.15) is 0 Å². The molecule has 2 atom stereocenters. The standard InChI is InChI=1S/C11H21NO/c1-5-11(13)10-7-6-9(4)12(10)8(2)3/h8-10H,5-7H2,1-4H3/t9-,10-/m0/s1. The van der Waals surface area contributed by atoms with Gasteiger partial charge in [-0.15, -0.1) is 0 Å². The summed E-state index contributed by atoms with van der Waals surface area (Å²) in [7, 11) is 0. The number of carbonyl (C=O) groups is 1. The highest BCUT2D eigenvalue weighted by atomic mass is 16.1. The van der Waals surface area contributed by atoms with E-state index < -0.39 is 0 Å². The summed E-state index contributed by atoms with van der Waals surface area (Å²) in [5.41, 5.74) is 0. The molecule has 13 heavy (non-hydrogen) atoms. The molecule has 0 amide bonds. The molecule has 76 valence electrons. The van der Waals surface area contributed by atoms with Gasteiger partial charge in [-0.05, 0) is 33.6 Å². The van der Waals surface area contributed by atoms with Gasteiger partial charge in [0, 0.05) is 18.5 Å². The van der Waals surface area contributed by atoms with E-state index in [4.69, 9.17) is 0 Å². The molecule has 0 saturated carbocycles. The van der Waals surface area contributed by atoms with Gasteiger partial charge in [0.1, 0.15) is 5.78 Å². The zero-order chi connectivity index (χ0) is 10.0. The second-order valence-electron chi connectivity index (χ2n) is 4.30. The molecule has 1 fully saturated rings. The fourth-order valence-electron chi connectivity index (χ4n) is 2.44. The molecule has 1 aliphatic heterocycles. The second-order valence-corrected chi connectivity index (χ2v) is 4.30. The predicted octanol–water partition coefficient (Wildman–Crippen LogP) is 2.23. The lowest BCUT2D eigenvalue weighted by molar-refractivity contribution is -0.124. The van der Waals surface area contributed by atoms with Crippen molar-refractivity contribution < 1.29 is 4.79 Å². The summed E-state index contributed by atoms with van der Waals surface area (Å²) in [6, 6.07) is 1.29. The van der Waals surface area contributed by atoms with Crippen LogP contribution in [-0.4, -0.2) is 28.8 Å². The van der Waals surface area contributed by atoms with Crippen molar-refractivity contribution in [2.45, 2.75) is 65.1 Å². The Bertz CT molecular complexity index is 189. The Kier molecular flexibility index (Phi) is 3.48. The third-order valence-electron chi connectivity index (χ3n) is 3.04. The molecule has 1 aliphatic rings. The first-order valence-electron chi connectivity index (χ1n) is 5.38. The van der Waals surface area contributed by atoms with Gasteiger partial charge in [0.05, 0.1) is 6.04 Å². The van der Waals surface area contributed by atoms with Crippen molar-refractivity contribution >= 4 is 5.78 Å². The molecule has 0 spiro atoms. The van der Waals surface area contributed by atoms with Crippen LogP contribution < -0.4 is 0 Å². The van der Waals surface area contributed by atoms with E-state index in [2.05, 4.69) is 25.7 Å². The number of nitrogens with zero attached hydrogens (tertiary/aromatic N) is 1. The first kappa shape index (κ1) is 10.7. The first-order chi connectivity index (χ1) is 6.07. The van der Waals surface area contributed by atoms with Crippen molar-refractivity contribution in [2.24, 2.45) is 0 Å². The van der Waals surface area contributed by atoms with E-state index in [0.29, 0.717) is 24.3 Å². The molecule has 1 saturated heterocycles. The number of likely N-dealkylation sites (tertiary alicyclic amines) is 1. The molecule has 0 aromatic carbocycles. The van der Waals surface area contributed by atoms with Gasteiger partial charge >= 0.3 is 0 Å². The zero-order valence-electron chi connectivity index (χ0n) is 9.21. The SMILES string of the molecule is CCC(=O)[C@@H]1CC[C@H](C)N1C(C)C. The van der Waals surface area contributed by atoms with Gasteiger partial charge in [0.15, 0.2) is 0 Å². The Labute approximate surface area is 81.3 Å². The summed E-state index contributed by atoms with van der Waals surface area (Å²) in [6.45, 7) is 8.54. The highest BCUT2D eigenvalue weighted by Crippen LogP contribution is 2.27. The van der Waals surface area contributed by atoms with Gasteiger partial charge in [-0.3, -0.25) is 9.69 Å². The molecular weight excluding hydrogens is 162 g/mol. The zero-order valence-corrected chi connectivity index (χ0v) is 9.21. The normalized spacial score (nSPS) is 29.9. The highest BCUT2D eigenvalue weighted by molar-refractivity contribution is 5.84. The van der Waals surface area contributed by atoms with Crippen LogP contribution in [-0.2, 0) is 4.79 Å². The summed E-state index contributed by atoms with van der Waals surface area (Å²) in [5.74, 6) is 0.415. The molecule has 0 bridgehead atoms. The first-order valence-corrected chi connectivity index (χ1v) is 5.38. The summed E-state index contributed by atoms with van der Waals surface area (Å²) in [6.07, 6.45) is 2.92. The lowest BCUT2D eigenvalue weighted by Gasteiger charge is -2.31. The maximum Gasteiger partial charge on any atom is 0.149 e. The molecule has 0 radical (unpaired) electrons. The summed E-state index contributed by atoms with van der Waals surface area (Å²) in [4.78, 5) is 14.0. The Morgan fingerprint density at radius 2 is 2.08 bits per heavy atom. The van der Waals surface area contributed by atoms with E-state index in [1.165, 1.54) is 6.42 Å². The topological polar surface area (TPSA) is 20.3 Å². The molecule has 1 heterocycles. The maximum absolute atomic E-state index is 11.6. The van der Waals surface area contributed by atoms with Gasteiger partial charge < -0.3 is 0 Å². The number of hydrogen-bond donors (Lipinski definition) is 0. The largest absolute Gasteiger partial charge is 0.298 e. The van der Waals surface area contributed by atoms with Gasteiger partial charge in [0.25, 0.3) is 0 Å². The smallest absolute Gasteiger partial charge is 0.149 e. The molecule has 0 N–H and O–H groups in total. The Morgan fingerprint density at radius 1 is 1.46 bits per heavy atom. The summed E-state index contributed by atoms with van der Waals surface area (Å²) >= 11 is 0. The predicted molar refractivity (Wildman–Crippen MR) is 54.8 cm³/mol. The second kappa shape index (κ2) is 4.23. The lowest BCUT2D eigenvalue weighted by Crippen LogP contribution is -2.43. The average molecular weight is 183 g/mol. The van der Waals surface area contributed by atoms with Crippen molar-refractivity contribution in [1.29, 1.82) is 0 Å². The van der Waals surface area contributed by atoms with E-state index in [1.54, 1.807) is 0 Å². The number of Topliss-reactive ketones (excluding diaryl/α,β-unsaturated/α-hetero) is 1. The van der Waals surface area contributed by atoms with E-state index in [0.717, 1.165) is 6.42 Å². The monoisotopic (exact) mass is 183 g/mol. The minimum absolute atomic E-state index is 0.208. The third-order valence-corrected chi connectivity index (χ3v) is 3.04. The minimum atomic E-state index is 0.208. The van der Waals surface area contributed by atoms with Crippen molar-refractivity contribution in [3.63, 3.8) is 0 Å². The minimum Gasteiger partial charge on any atom is -0.298 e. The van der Waals surface area contributed by atoms with E-state index in [9.17, 15) is 4.79 Å². The summed E-state index contributed by atoms with van der Waals surface area (Å²) < 4.78 is 0. The highest BCUT2D eigenvalue weighted by Gasteiger charge is 2.35. The van der Waals surface area contributed by atoms with Crippen LogP contribution in [0.3, 0.4) is 0 Å². The van der Waals surface area contributed by atoms with E-state index in [-0.39, 0.29) is 6.04 Å². The molecule has 0 aliphatic carbocycles. The molecular formula is C11H21NO. The number of hydrogen-bond acceptors (Lipinski definition) is 2. The van der Waals surface area contributed by atoms with Crippen LogP contribution in [0.25, 0.3) is 0 Å². The van der Waals surface area contributed by atoms with Crippen LogP contribution in [0.4, 0.5) is 0 Å². The Hall–Kier alpha value is -0.370. The quantitative estimate of drug-likeness (QED) is 0.668. The van der Waals surface area contributed by atoms with E-state index >= 15 is 0 Å². The molecule has 0 aromatic heterocycles. The van der Waals surface area contributed by atoms with Gasteiger partial charge in [-0.1, -0.05) is 6.92 Å². The van der Waals surface area contributed by atoms with Crippen molar-refractivity contribution in [2.75, 3.05) is 0 Å². The van der Waals surface area contributed by atoms with Crippen molar-refractivity contribution in [1.82, 2.24) is 4.90 Å². The maximum atomic E-state index is 11.6. The summed E-state index contributed by atoms with van der Waals surface area (Å²) in [5, 5.41) is 0. The number of carbonyl (C=O) groups excluding carboxylic acids is 1. The van der Waals surface area contributed by atoms with Crippen LogP contribution in [0.1, 0.15) is 47.0 Å². The number of ketones is 1. The van der Waals surface area contributed by atoms with Crippen LogP contribution in [0.15, 0.2) is 0 Å². The molecule has 1 rings (SSSR count). The number of rotatable bonds is 3. The Morgan fingerprint density at radius 3 is 2.54 bits per heavy atom. The Balaban J connectivity index is 2.69. The van der Waals surface area contributed by atoms with Gasteiger partial charge in [-0.25, -0.2) is 0 Å². The fraction of sp³-hybridized carbons (Fsp3) is 0.909. The third kappa shape index (κ3) is 2.11. The fourth-order valence-corrected chi connectivity index (χ4v) is 2.44. The van der Waals surface area contributed by atoms with Gasteiger partial charge in [0.2, 0.25) is 0 Å². The molecule has 0 aromatic rings. The molecule has 2 nitrogen and oxygen atoms in total. The van der Waals surface area contributed by atoms with E-state index in [1.807, 2.05) is 6.92 Å². The van der Waals surface area contributed by atoms with Crippen LogP contribution in [0.2, 0.25) is 0 Å². The van der Waals surface area contributed by atoms with Crippen LogP contribution in [0.5, 0.6) is 0 Å². The van der Waals surface area contributed by atoms with Crippen LogP contribution >= 0.6 is 0 Å². The van der Waals surface area contributed by atoms with Crippen LogP contribution in [0, 0.1) is 0 Å². The van der Waals surface area contributed by atoms with Crippen molar-refractivity contribution in [3.05, 3.63) is 0 Å². The molecule has 2 heteroatoms. The molecule has 0 unspecified atom stereocenters.